The molecule has 0 amide bonds. The quantitative estimate of drug-likeness (QED) is 0.691. The summed E-state index contributed by atoms with van der Waals surface area (Å²) in [6, 6.07) is 15.0. The predicted octanol–water partition coefficient (Wildman–Crippen LogP) is 0.756. The maximum Gasteiger partial charge on any atom is 0.343 e. The van der Waals surface area contributed by atoms with E-state index < -0.39 is 6.09 Å². The summed E-state index contributed by atoms with van der Waals surface area (Å²) in [7, 11) is 0. The first kappa shape index (κ1) is 10.4. The van der Waals surface area contributed by atoms with Gasteiger partial charge in [0.05, 0.1) is 6.42 Å². The highest BCUT2D eigenvalue weighted by molar-refractivity contribution is 5.51. The molecule has 0 N–H and O–H groups in total. The molecule has 1 aromatic carbocycles. The molecule has 0 atom stereocenters. The second-order valence-corrected chi connectivity index (χ2v) is 3.49. The van der Waals surface area contributed by atoms with Crippen molar-refractivity contribution in [1.29, 1.82) is 0 Å². The highest BCUT2D eigenvalue weighted by Crippen LogP contribution is 2.04. The van der Waals surface area contributed by atoms with Crippen LogP contribution in [0.4, 0.5) is 4.79 Å². The lowest BCUT2D eigenvalue weighted by Gasteiger charge is -2.02. The van der Waals surface area contributed by atoms with Gasteiger partial charge in [-0.3, -0.25) is 0 Å². The number of pyridine rings is 1. The van der Waals surface area contributed by atoms with Crippen LogP contribution >= 0.6 is 0 Å². The van der Waals surface area contributed by atoms with Crippen LogP contribution < -0.4 is 9.67 Å². The highest BCUT2D eigenvalue weighted by atomic mass is 16.4. The second kappa shape index (κ2) is 4.57. The van der Waals surface area contributed by atoms with Gasteiger partial charge in [0.25, 0.3) is 0 Å². The van der Waals surface area contributed by atoms with E-state index in [1.807, 2.05) is 36.4 Å². The van der Waals surface area contributed by atoms with E-state index in [9.17, 15) is 9.90 Å². The van der Waals surface area contributed by atoms with E-state index in [1.165, 1.54) is 6.20 Å². The molecule has 0 aliphatic carbocycles. The molecule has 16 heavy (non-hydrogen) atoms. The molecule has 0 saturated heterocycles. The third-order valence-corrected chi connectivity index (χ3v) is 2.37. The molecule has 0 unspecified atom stereocenters. The zero-order valence-electron chi connectivity index (χ0n) is 8.67. The van der Waals surface area contributed by atoms with E-state index in [0.29, 0.717) is 12.1 Å². The van der Waals surface area contributed by atoms with Crippen molar-refractivity contribution in [2.75, 3.05) is 0 Å². The standard InChI is InChI=1S/C13H11NO2/c15-13(16)14-9-5-4-8-12(14)10-11-6-2-1-3-7-11/h1-9H,10H2. The van der Waals surface area contributed by atoms with Crippen LogP contribution in [0.15, 0.2) is 54.7 Å². The third kappa shape index (κ3) is 2.25. The molecular weight excluding hydrogens is 202 g/mol. The predicted molar refractivity (Wildman–Crippen MR) is 56.7 cm³/mol. The topological polar surface area (TPSA) is 44.0 Å². The van der Waals surface area contributed by atoms with Gasteiger partial charge in [0, 0.05) is 12.1 Å². The lowest BCUT2D eigenvalue weighted by atomic mass is 10.1. The fourth-order valence-electron chi connectivity index (χ4n) is 1.61. The zero-order valence-corrected chi connectivity index (χ0v) is 8.67. The van der Waals surface area contributed by atoms with Gasteiger partial charge >= 0.3 is 6.09 Å². The van der Waals surface area contributed by atoms with Crippen LogP contribution in [-0.2, 0) is 6.42 Å². The lowest BCUT2D eigenvalue weighted by Crippen LogP contribution is -2.54. The number of hydrogen-bond donors (Lipinski definition) is 0. The maximum atomic E-state index is 10.9. The molecule has 0 aliphatic heterocycles. The summed E-state index contributed by atoms with van der Waals surface area (Å²) >= 11 is 0. The van der Waals surface area contributed by atoms with Crippen molar-refractivity contribution < 1.29 is 14.5 Å². The van der Waals surface area contributed by atoms with Crippen molar-refractivity contribution in [3.8, 4) is 0 Å². The molecular formula is C13H11NO2. The van der Waals surface area contributed by atoms with Crippen molar-refractivity contribution in [2.45, 2.75) is 6.42 Å². The SMILES string of the molecule is O=C([O-])[n+]1ccccc1Cc1ccccc1. The summed E-state index contributed by atoms with van der Waals surface area (Å²) in [5, 5.41) is 10.9. The van der Waals surface area contributed by atoms with Gasteiger partial charge < -0.3 is 9.90 Å². The number of benzene rings is 1. The number of aromatic nitrogens is 1. The zero-order chi connectivity index (χ0) is 11.4. The number of rotatable bonds is 2. The molecule has 1 aromatic heterocycles. The van der Waals surface area contributed by atoms with Crippen molar-refractivity contribution in [2.24, 2.45) is 0 Å². The van der Waals surface area contributed by atoms with Crippen molar-refractivity contribution in [3.63, 3.8) is 0 Å². The Bertz CT molecular complexity index is 494. The Morgan fingerprint density at radius 3 is 2.44 bits per heavy atom. The van der Waals surface area contributed by atoms with Crippen LogP contribution in [0.3, 0.4) is 0 Å². The lowest BCUT2D eigenvalue weighted by molar-refractivity contribution is -0.637. The number of nitrogens with zero attached hydrogens (tertiary/aromatic N) is 1. The molecule has 2 rings (SSSR count). The molecule has 1 heterocycles. The number of carbonyl (C=O) groups is 1. The Balaban J connectivity index is 2.31. The van der Waals surface area contributed by atoms with Gasteiger partial charge in [-0.1, -0.05) is 36.4 Å². The minimum atomic E-state index is -1.20. The van der Waals surface area contributed by atoms with E-state index in [4.69, 9.17) is 0 Å². The first-order valence-corrected chi connectivity index (χ1v) is 5.02. The van der Waals surface area contributed by atoms with Crippen LogP contribution in [0.1, 0.15) is 11.3 Å². The fraction of sp³-hybridized carbons (Fsp3) is 0.0769. The highest BCUT2D eigenvalue weighted by Gasteiger charge is 2.11. The molecule has 0 bridgehead atoms. The Morgan fingerprint density at radius 1 is 1.06 bits per heavy atom. The smallest absolute Gasteiger partial charge is 0.343 e. The summed E-state index contributed by atoms with van der Waals surface area (Å²) < 4.78 is 1.13. The van der Waals surface area contributed by atoms with E-state index >= 15 is 0 Å². The first-order chi connectivity index (χ1) is 7.77. The monoisotopic (exact) mass is 213 g/mol. The van der Waals surface area contributed by atoms with Crippen molar-refractivity contribution in [1.82, 2.24) is 0 Å². The van der Waals surface area contributed by atoms with Crippen molar-refractivity contribution in [3.05, 3.63) is 66.0 Å². The minimum absolute atomic E-state index is 0.579. The first-order valence-electron chi connectivity index (χ1n) is 5.02. The van der Waals surface area contributed by atoms with E-state index in [0.717, 1.165) is 10.1 Å². The second-order valence-electron chi connectivity index (χ2n) is 3.49. The van der Waals surface area contributed by atoms with Gasteiger partial charge in [0.1, 0.15) is 0 Å². The summed E-state index contributed by atoms with van der Waals surface area (Å²) in [5.74, 6) is 0. The Morgan fingerprint density at radius 2 is 1.75 bits per heavy atom. The van der Waals surface area contributed by atoms with E-state index in [-0.39, 0.29) is 0 Å². The van der Waals surface area contributed by atoms with Crippen LogP contribution in [0.25, 0.3) is 0 Å². The molecule has 0 radical (unpaired) electrons. The van der Waals surface area contributed by atoms with Crippen molar-refractivity contribution >= 4 is 6.09 Å². The fourth-order valence-corrected chi connectivity index (χ4v) is 1.61. The summed E-state index contributed by atoms with van der Waals surface area (Å²) in [6.45, 7) is 0. The van der Waals surface area contributed by atoms with Gasteiger partial charge in [-0.25, -0.2) is 0 Å². The van der Waals surface area contributed by atoms with Gasteiger partial charge in [-0.05, 0) is 5.56 Å². The molecule has 2 aromatic rings. The number of hydrogen-bond acceptors (Lipinski definition) is 2. The average molecular weight is 213 g/mol. The molecule has 3 heteroatoms. The van der Waals surface area contributed by atoms with Crippen LogP contribution in [0, 0.1) is 0 Å². The van der Waals surface area contributed by atoms with Gasteiger partial charge in [0.2, 0.25) is 0 Å². The largest absolute Gasteiger partial charge is 0.490 e. The molecule has 0 fully saturated rings. The molecule has 3 nitrogen and oxygen atoms in total. The molecule has 80 valence electrons. The van der Waals surface area contributed by atoms with Crippen LogP contribution in [-0.4, -0.2) is 6.09 Å². The summed E-state index contributed by atoms with van der Waals surface area (Å²) in [5.41, 5.74) is 1.78. The summed E-state index contributed by atoms with van der Waals surface area (Å²) in [4.78, 5) is 10.9. The normalized spacial score (nSPS) is 10.0. The third-order valence-electron chi connectivity index (χ3n) is 2.37. The van der Waals surface area contributed by atoms with Gasteiger partial charge in [0.15, 0.2) is 11.9 Å². The van der Waals surface area contributed by atoms with E-state index in [2.05, 4.69) is 0 Å². The van der Waals surface area contributed by atoms with Gasteiger partial charge in [-0.15, -0.1) is 4.57 Å². The summed E-state index contributed by atoms with van der Waals surface area (Å²) in [6.07, 6.45) is 0.870. The van der Waals surface area contributed by atoms with E-state index in [1.54, 1.807) is 12.1 Å². The Labute approximate surface area is 93.6 Å². The minimum Gasteiger partial charge on any atom is -0.490 e. The van der Waals surface area contributed by atoms with Gasteiger partial charge in [-0.2, -0.15) is 0 Å². The average Bonchev–Trinajstić information content (AvgIpc) is 2.31. The van der Waals surface area contributed by atoms with Crippen LogP contribution in [0.5, 0.6) is 0 Å². The molecule has 0 aliphatic rings. The maximum absolute atomic E-state index is 10.9. The Hall–Kier alpha value is -2.16. The Kier molecular flexibility index (Phi) is 2.96. The number of carbonyl (C=O) groups excluding carboxylic acids is 1. The van der Waals surface area contributed by atoms with Crippen LogP contribution in [0.2, 0.25) is 0 Å². The number of carboxylic acid groups (broad SMARTS) is 1. The molecule has 0 saturated carbocycles. The molecule has 0 spiro atoms.